The minimum atomic E-state index is -0.707. The molecule has 378 valence electrons. The van der Waals surface area contributed by atoms with Crippen molar-refractivity contribution < 1.29 is 4.42 Å². The zero-order valence-corrected chi connectivity index (χ0v) is 45.3. The van der Waals surface area contributed by atoms with Crippen molar-refractivity contribution in [2.24, 2.45) is 0 Å². The summed E-state index contributed by atoms with van der Waals surface area (Å²) in [5.74, 6) is 0. The monoisotopic (exact) mass is 1010 g/mol. The molecule has 1 heterocycles. The minimum absolute atomic E-state index is 0.0119. The van der Waals surface area contributed by atoms with Gasteiger partial charge in [0.2, 0.25) is 0 Å². The molecule has 11 aromatic rings. The van der Waals surface area contributed by atoms with Gasteiger partial charge in [-0.3, -0.25) is 0 Å². The van der Waals surface area contributed by atoms with E-state index < -0.39 is 5.41 Å². The van der Waals surface area contributed by atoms with Gasteiger partial charge in [-0.25, -0.2) is 0 Å². The fourth-order valence-corrected chi connectivity index (χ4v) is 13.0. The van der Waals surface area contributed by atoms with Gasteiger partial charge in [0.15, 0.2) is 0 Å². The Morgan fingerprint density at radius 2 is 0.936 bits per heavy atom. The fourth-order valence-electron chi connectivity index (χ4n) is 13.0. The number of rotatable bonds is 8. The van der Waals surface area contributed by atoms with Gasteiger partial charge in [-0.15, -0.1) is 0 Å². The van der Waals surface area contributed by atoms with E-state index in [0.29, 0.717) is 0 Å². The number of fused-ring (bicyclic) bond motifs is 14. The molecule has 0 saturated carbocycles. The van der Waals surface area contributed by atoms with Gasteiger partial charge in [0.1, 0.15) is 11.2 Å². The average Bonchev–Trinajstić information content (AvgIpc) is 4.26. The predicted octanol–water partition coefficient (Wildman–Crippen LogP) is 20.9. The summed E-state index contributed by atoms with van der Waals surface area (Å²) in [6, 6.07) is 84.1. The van der Waals surface area contributed by atoms with E-state index >= 15 is 0 Å². The van der Waals surface area contributed by atoms with Crippen LogP contribution in [0.2, 0.25) is 0 Å². The second-order valence-corrected chi connectivity index (χ2v) is 23.6. The van der Waals surface area contributed by atoms with E-state index in [9.17, 15) is 0 Å². The second-order valence-electron chi connectivity index (χ2n) is 23.6. The Hall–Kier alpha value is -8.92. The third-order valence-electron chi connectivity index (χ3n) is 16.9. The SMILES string of the molecule is CC(C)(C)c1ccc(N(c2ccc(C3=CC=CCC3)cc2)c2ccc3c(c2)C2(c4ccccc4-c4ccccc42)c2cc(N(c4ccc(-c5ccccc5)cc4)c4ccc(C(C)(C)C)cc4)c4c(oc5ccccc54)c2-3)cc1. The average molecular weight is 1010 g/mol. The number of allylic oxidation sites excluding steroid dienone is 4. The van der Waals surface area contributed by atoms with Crippen LogP contribution in [0.25, 0.3) is 60.9 Å². The molecule has 78 heavy (non-hydrogen) atoms. The highest BCUT2D eigenvalue weighted by Gasteiger charge is 2.53. The Balaban J connectivity index is 1.05. The normalized spacial score (nSPS) is 14.1. The van der Waals surface area contributed by atoms with Crippen LogP contribution in [0.15, 0.2) is 247 Å². The molecular weight excluding hydrogens is 945 g/mol. The summed E-state index contributed by atoms with van der Waals surface area (Å²) >= 11 is 0. The van der Waals surface area contributed by atoms with E-state index in [0.717, 1.165) is 74.5 Å². The molecule has 0 bridgehead atoms. The highest BCUT2D eigenvalue weighted by atomic mass is 16.3. The smallest absolute Gasteiger partial charge is 0.145 e. The molecule has 14 rings (SSSR count). The molecule has 0 saturated heterocycles. The van der Waals surface area contributed by atoms with E-state index in [4.69, 9.17) is 4.42 Å². The van der Waals surface area contributed by atoms with Gasteiger partial charge in [0, 0.05) is 39.4 Å². The molecule has 3 heteroatoms. The summed E-state index contributed by atoms with van der Waals surface area (Å²) in [6.07, 6.45) is 8.84. The van der Waals surface area contributed by atoms with E-state index in [1.54, 1.807) is 0 Å². The first-order valence-electron chi connectivity index (χ1n) is 27.7. The van der Waals surface area contributed by atoms with Crippen molar-refractivity contribution in [1.82, 2.24) is 0 Å². The summed E-state index contributed by atoms with van der Waals surface area (Å²) in [5.41, 5.74) is 25.0. The van der Waals surface area contributed by atoms with E-state index in [1.165, 1.54) is 72.3 Å². The van der Waals surface area contributed by atoms with Gasteiger partial charge < -0.3 is 14.2 Å². The molecule has 0 unspecified atom stereocenters. The van der Waals surface area contributed by atoms with Crippen molar-refractivity contribution in [3.05, 3.63) is 282 Å². The van der Waals surface area contributed by atoms with Gasteiger partial charge in [-0.05, 0) is 169 Å². The van der Waals surface area contributed by atoms with Crippen LogP contribution < -0.4 is 9.80 Å². The molecular formula is C75H62N2O. The maximum Gasteiger partial charge on any atom is 0.145 e. The highest BCUT2D eigenvalue weighted by molar-refractivity contribution is 6.20. The van der Waals surface area contributed by atoms with Crippen LogP contribution in [0.5, 0.6) is 0 Å². The Bertz CT molecular complexity index is 4130. The zero-order valence-electron chi connectivity index (χ0n) is 45.3. The zero-order chi connectivity index (χ0) is 52.9. The van der Waals surface area contributed by atoms with Gasteiger partial charge in [-0.1, -0.05) is 211 Å². The summed E-state index contributed by atoms with van der Waals surface area (Å²) in [6.45, 7) is 13.7. The van der Waals surface area contributed by atoms with Gasteiger partial charge >= 0.3 is 0 Å². The van der Waals surface area contributed by atoms with Crippen molar-refractivity contribution in [3.8, 4) is 33.4 Å². The first kappa shape index (κ1) is 47.5. The summed E-state index contributed by atoms with van der Waals surface area (Å²) in [5, 5.41) is 2.18. The van der Waals surface area contributed by atoms with E-state index in [-0.39, 0.29) is 10.8 Å². The van der Waals surface area contributed by atoms with Crippen LogP contribution in [0.3, 0.4) is 0 Å². The maximum atomic E-state index is 7.40. The van der Waals surface area contributed by atoms with Gasteiger partial charge in [-0.2, -0.15) is 0 Å². The van der Waals surface area contributed by atoms with Crippen molar-refractivity contribution in [3.63, 3.8) is 0 Å². The van der Waals surface area contributed by atoms with Crippen molar-refractivity contribution in [2.45, 2.75) is 70.6 Å². The van der Waals surface area contributed by atoms with Crippen molar-refractivity contribution in [1.29, 1.82) is 0 Å². The van der Waals surface area contributed by atoms with Crippen LogP contribution in [-0.4, -0.2) is 0 Å². The number of nitrogens with zero attached hydrogens (tertiary/aromatic N) is 2. The molecule has 3 aliphatic rings. The lowest BCUT2D eigenvalue weighted by molar-refractivity contribution is 0.590. The molecule has 0 atom stereocenters. The summed E-state index contributed by atoms with van der Waals surface area (Å²) in [4.78, 5) is 4.94. The molecule has 3 aliphatic carbocycles. The molecule has 3 nitrogen and oxygen atoms in total. The number of benzene rings is 10. The summed E-state index contributed by atoms with van der Waals surface area (Å²) < 4.78 is 7.40. The molecule has 0 aliphatic heterocycles. The van der Waals surface area contributed by atoms with Gasteiger partial charge in [0.25, 0.3) is 0 Å². The lowest BCUT2D eigenvalue weighted by Crippen LogP contribution is -2.26. The minimum Gasteiger partial charge on any atom is -0.455 e. The Morgan fingerprint density at radius 1 is 0.423 bits per heavy atom. The largest absolute Gasteiger partial charge is 0.455 e. The van der Waals surface area contributed by atoms with Crippen LogP contribution in [0, 0.1) is 0 Å². The van der Waals surface area contributed by atoms with E-state index in [1.807, 2.05) is 0 Å². The number of hydrogen-bond acceptors (Lipinski definition) is 3. The lowest BCUT2D eigenvalue weighted by Gasteiger charge is -2.33. The quantitative estimate of drug-likeness (QED) is 0.151. The highest BCUT2D eigenvalue weighted by Crippen LogP contribution is 2.66. The molecule has 1 aromatic heterocycles. The van der Waals surface area contributed by atoms with Crippen LogP contribution in [0.1, 0.15) is 93.3 Å². The standard InChI is InChI=1S/C75H62N2O/c1-73(2,3)53-33-41-56(42-34-53)76(55-37-29-51(30-38-55)49-19-9-7-10-20-49)59-45-46-62-66(47-59)75(64-26-16-13-23-60(64)61-24-14-17-27-65(61)75)67-48-68(71-63-25-15-18-28-69(63)78-72(71)70(62)67)77(58-43-35-54(36-44-58)74(4,5)6)57-39-31-52(32-40-57)50-21-11-8-12-22-50/h7-9,11-19,21-48H,10,20H2,1-6H3. The first-order chi connectivity index (χ1) is 37.9. The van der Waals surface area contributed by atoms with Gasteiger partial charge in [0.05, 0.1) is 16.5 Å². The molecule has 10 aromatic carbocycles. The number of para-hydroxylation sites is 1. The van der Waals surface area contributed by atoms with Crippen LogP contribution >= 0.6 is 0 Å². The predicted molar refractivity (Wildman–Crippen MR) is 329 cm³/mol. The molecule has 0 amide bonds. The molecule has 0 radical (unpaired) electrons. The van der Waals surface area contributed by atoms with Crippen molar-refractivity contribution in [2.75, 3.05) is 9.80 Å². The van der Waals surface area contributed by atoms with Crippen LogP contribution in [-0.2, 0) is 16.2 Å². The Labute approximate surface area is 459 Å². The molecule has 1 spiro atoms. The number of furan rings is 1. The number of anilines is 6. The summed E-state index contributed by atoms with van der Waals surface area (Å²) in [7, 11) is 0. The molecule has 0 fully saturated rings. The third kappa shape index (κ3) is 7.54. The fraction of sp³-hybridized carbons (Fsp3) is 0.147. The topological polar surface area (TPSA) is 19.6 Å². The van der Waals surface area contributed by atoms with Crippen LogP contribution in [0.4, 0.5) is 34.1 Å². The Morgan fingerprint density at radius 3 is 1.53 bits per heavy atom. The molecule has 0 N–H and O–H groups in total. The Kier molecular flexibility index (Phi) is 11.0. The third-order valence-corrected chi connectivity index (χ3v) is 16.9. The lowest BCUT2D eigenvalue weighted by atomic mass is 9.70. The number of hydrogen-bond donors (Lipinski definition) is 0. The second kappa shape index (κ2) is 18.1. The first-order valence-corrected chi connectivity index (χ1v) is 27.7. The van der Waals surface area contributed by atoms with Crippen molar-refractivity contribution >= 4 is 61.6 Å². The van der Waals surface area contributed by atoms with E-state index in [2.05, 4.69) is 294 Å². The maximum absolute atomic E-state index is 7.40.